The van der Waals surface area contributed by atoms with Crippen molar-refractivity contribution in [2.24, 2.45) is 5.92 Å². The lowest BCUT2D eigenvalue weighted by Gasteiger charge is -2.16. The highest BCUT2D eigenvalue weighted by Gasteiger charge is 2.25. The van der Waals surface area contributed by atoms with Gasteiger partial charge < -0.3 is 19.7 Å². The molecular formula is C12H20N2O3. The first-order valence-electron chi connectivity index (χ1n) is 5.80. The second-order valence-corrected chi connectivity index (χ2v) is 4.03. The zero-order chi connectivity index (χ0) is 12.5. The summed E-state index contributed by atoms with van der Waals surface area (Å²) in [5, 5.41) is 2.66. The van der Waals surface area contributed by atoms with E-state index in [1.54, 1.807) is 12.0 Å². The van der Waals surface area contributed by atoms with Crippen molar-refractivity contribution in [1.82, 2.24) is 10.2 Å². The van der Waals surface area contributed by atoms with Gasteiger partial charge in [-0.15, -0.1) is 6.42 Å². The number of hydrogen-bond acceptors (Lipinski definition) is 3. The summed E-state index contributed by atoms with van der Waals surface area (Å²) < 4.78 is 10.3. The Morgan fingerprint density at radius 3 is 3.12 bits per heavy atom. The third kappa shape index (κ3) is 5.07. The van der Waals surface area contributed by atoms with Crippen molar-refractivity contribution in [2.45, 2.75) is 6.42 Å². The maximum absolute atomic E-state index is 11.6. The van der Waals surface area contributed by atoms with Crippen LogP contribution in [0.1, 0.15) is 6.42 Å². The summed E-state index contributed by atoms with van der Waals surface area (Å²) >= 11 is 0. The van der Waals surface area contributed by atoms with Crippen LogP contribution in [0.5, 0.6) is 0 Å². The molecule has 96 valence electrons. The van der Waals surface area contributed by atoms with Crippen LogP contribution >= 0.6 is 0 Å². The number of urea groups is 1. The summed E-state index contributed by atoms with van der Waals surface area (Å²) in [6.45, 7) is 3.69. The van der Waals surface area contributed by atoms with Gasteiger partial charge in [0.1, 0.15) is 0 Å². The summed E-state index contributed by atoms with van der Waals surface area (Å²) in [6.07, 6.45) is 6.06. The highest BCUT2D eigenvalue weighted by Crippen LogP contribution is 2.16. The van der Waals surface area contributed by atoms with E-state index in [2.05, 4.69) is 11.2 Å². The molecule has 5 heteroatoms. The molecule has 1 saturated heterocycles. The molecule has 1 aliphatic rings. The van der Waals surface area contributed by atoms with Crippen LogP contribution in [0.25, 0.3) is 0 Å². The van der Waals surface area contributed by atoms with Crippen molar-refractivity contribution in [3.05, 3.63) is 0 Å². The lowest BCUT2D eigenvalue weighted by Crippen LogP contribution is -2.38. The number of likely N-dealkylation sites (tertiary alicyclic amines) is 1. The van der Waals surface area contributed by atoms with Gasteiger partial charge in [0.05, 0.1) is 26.4 Å². The van der Waals surface area contributed by atoms with Gasteiger partial charge in [0.25, 0.3) is 0 Å². The molecule has 5 nitrogen and oxygen atoms in total. The molecular weight excluding hydrogens is 220 g/mol. The van der Waals surface area contributed by atoms with Crippen molar-refractivity contribution in [2.75, 3.05) is 46.6 Å². The second kappa shape index (κ2) is 7.93. The third-order valence-corrected chi connectivity index (χ3v) is 2.70. The van der Waals surface area contributed by atoms with E-state index in [9.17, 15) is 4.79 Å². The first-order valence-corrected chi connectivity index (χ1v) is 5.80. The van der Waals surface area contributed by atoms with Gasteiger partial charge in [0, 0.05) is 26.1 Å². The maximum Gasteiger partial charge on any atom is 0.318 e. The Balaban J connectivity index is 2.14. The molecule has 0 aromatic carbocycles. The normalized spacial score (nSPS) is 19.1. The van der Waals surface area contributed by atoms with Gasteiger partial charge >= 0.3 is 6.03 Å². The SMILES string of the molecule is C#CCNC(=O)N1CC[C@@H](COCCOC)C1. The highest BCUT2D eigenvalue weighted by molar-refractivity contribution is 5.74. The van der Waals surface area contributed by atoms with E-state index in [0.717, 1.165) is 19.5 Å². The van der Waals surface area contributed by atoms with E-state index in [1.165, 1.54) is 0 Å². The Morgan fingerprint density at radius 1 is 1.59 bits per heavy atom. The molecule has 0 spiro atoms. The van der Waals surface area contributed by atoms with Crippen molar-refractivity contribution >= 4 is 6.03 Å². The van der Waals surface area contributed by atoms with E-state index >= 15 is 0 Å². The van der Waals surface area contributed by atoms with E-state index in [0.29, 0.717) is 25.7 Å². The molecule has 0 radical (unpaired) electrons. The zero-order valence-corrected chi connectivity index (χ0v) is 10.3. The van der Waals surface area contributed by atoms with Gasteiger partial charge in [0.15, 0.2) is 0 Å². The van der Waals surface area contributed by atoms with Crippen molar-refractivity contribution < 1.29 is 14.3 Å². The molecule has 0 aliphatic carbocycles. The van der Waals surface area contributed by atoms with E-state index in [4.69, 9.17) is 15.9 Å². The van der Waals surface area contributed by atoms with Crippen LogP contribution in [0.3, 0.4) is 0 Å². The van der Waals surface area contributed by atoms with Gasteiger partial charge in [0.2, 0.25) is 0 Å². The fourth-order valence-corrected chi connectivity index (χ4v) is 1.78. The molecule has 2 amide bonds. The summed E-state index contributed by atoms with van der Waals surface area (Å²) in [4.78, 5) is 13.4. The highest BCUT2D eigenvalue weighted by atomic mass is 16.5. The molecule has 1 heterocycles. The maximum atomic E-state index is 11.6. The molecule has 0 bridgehead atoms. The molecule has 1 N–H and O–H groups in total. The first kappa shape index (κ1) is 13.8. The monoisotopic (exact) mass is 240 g/mol. The Labute approximate surface area is 102 Å². The Hall–Kier alpha value is -1.25. The number of terminal acetylenes is 1. The van der Waals surface area contributed by atoms with E-state index in [-0.39, 0.29) is 12.6 Å². The molecule has 1 aliphatic heterocycles. The molecule has 0 saturated carbocycles. The number of rotatable bonds is 6. The molecule has 0 unspecified atom stereocenters. The smallest absolute Gasteiger partial charge is 0.318 e. The Morgan fingerprint density at radius 2 is 2.41 bits per heavy atom. The van der Waals surface area contributed by atoms with Crippen LogP contribution in [0.2, 0.25) is 0 Å². The summed E-state index contributed by atoms with van der Waals surface area (Å²) in [5.74, 6) is 2.80. The molecule has 17 heavy (non-hydrogen) atoms. The fourth-order valence-electron chi connectivity index (χ4n) is 1.78. The molecule has 0 aromatic rings. The number of nitrogens with zero attached hydrogens (tertiary/aromatic N) is 1. The predicted octanol–water partition coefficient (Wildman–Crippen LogP) is 0.314. The molecule has 1 rings (SSSR count). The van der Waals surface area contributed by atoms with Crippen LogP contribution in [-0.4, -0.2) is 57.5 Å². The number of amides is 2. The van der Waals surface area contributed by atoms with E-state index < -0.39 is 0 Å². The average molecular weight is 240 g/mol. The molecule has 0 aromatic heterocycles. The molecule has 1 fully saturated rings. The van der Waals surface area contributed by atoms with Gasteiger partial charge in [-0.05, 0) is 6.42 Å². The van der Waals surface area contributed by atoms with Crippen LogP contribution in [0.4, 0.5) is 4.79 Å². The molecule has 1 atom stereocenters. The summed E-state index contributed by atoms with van der Waals surface area (Å²) in [6, 6.07) is -0.0812. The van der Waals surface area contributed by atoms with Gasteiger partial charge in [-0.3, -0.25) is 0 Å². The second-order valence-electron chi connectivity index (χ2n) is 4.03. The Kier molecular flexibility index (Phi) is 6.45. The van der Waals surface area contributed by atoms with Crippen LogP contribution in [-0.2, 0) is 9.47 Å². The van der Waals surface area contributed by atoms with Crippen molar-refractivity contribution in [3.63, 3.8) is 0 Å². The fraction of sp³-hybridized carbons (Fsp3) is 0.750. The van der Waals surface area contributed by atoms with Crippen molar-refractivity contribution in [3.8, 4) is 12.3 Å². The van der Waals surface area contributed by atoms with Crippen LogP contribution in [0.15, 0.2) is 0 Å². The topological polar surface area (TPSA) is 50.8 Å². The minimum atomic E-state index is -0.0812. The summed E-state index contributed by atoms with van der Waals surface area (Å²) in [5.41, 5.74) is 0. The zero-order valence-electron chi connectivity index (χ0n) is 10.3. The minimum Gasteiger partial charge on any atom is -0.382 e. The number of carbonyl (C=O) groups excluding carboxylic acids is 1. The van der Waals surface area contributed by atoms with Crippen LogP contribution in [0, 0.1) is 18.3 Å². The number of nitrogens with one attached hydrogen (secondary N) is 1. The Bertz CT molecular complexity index is 275. The van der Waals surface area contributed by atoms with E-state index in [1.807, 2.05) is 0 Å². The van der Waals surface area contributed by atoms with Gasteiger partial charge in [-0.1, -0.05) is 5.92 Å². The third-order valence-electron chi connectivity index (χ3n) is 2.70. The first-order chi connectivity index (χ1) is 8.27. The quantitative estimate of drug-likeness (QED) is 0.537. The lowest BCUT2D eigenvalue weighted by molar-refractivity contribution is 0.0532. The van der Waals surface area contributed by atoms with Gasteiger partial charge in [-0.25, -0.2) is 4.79 Å². The average Bonchev–Trinajstić information content (AvgIpc) is 2.80. The standard InChI is InChI=1S/C12H20N2O3/c1-3-5-13-12(15)14-6-4-11(9-14)10-17-8-7-16-2/h1,11H,4-10H2,2H3,(H,13,15)/t11-/m1/s1. The number of hydrogen-bond donors (Lipinski definition) is 1. The largest absolute Gasteiger partial charge is 0.382 e. The lowest BCUT2D eigenvalue weighted by atomic mass is 10.1. The number of ether oxygens (including phenoxy) is 2. The predicted molar refractivity (Wildman–Crippen MR) is 64.6 cm³/mol. The van der Waals surface area contributed by atoms with Gasteiger partial charge in [-0.2, -0.15) is 0 Å². The minimum absolute atomic E-state index is 0.0812. The number of methoxy groups -OCH3 is 1. The summed E-state index contributed by atoms with van der Waals surface area (Å²) in [7, 11) is 1.65. The van der Waals surface area contributed by atoms with Crippen LogP contribution < -0.4 is 5.32 Å². The number of carbonyl (C=O) groups is 1. The van der Waals surface area contributed by atoms with Crippen molar-refractivity contribution in [1.29, 1.82) is 0 Å².